The third kappa shape index (κ3) is 4.02. The largest absolute Gasteiger partial charge is 0.492 e. The van der Waals surface area contributed by atoms with Crippen molar-refractivity contribution in [1.82, 2.24) is 10.2 Å². The maximum Gasteiger partial charge on any atom is 0.159 e. The summed E-state index contributed by atoms with van der Waals surface area (Å²) < 4.78 is 6.90. The molecule has 0 amide bonds. The van der Waals surface area contributed by atoms with E-state index < -0.39 is 0 Å². The molecule has 6 heteroatoms. The average molecular weight is 489 g/mol. The van der Waals surface area contributed by atoms with Crippen LogP contribution in [0.3, 0.4) is 0 Å². The molecular weight excluding hydrogens is 464 g/mol. The van der Waals surface area contributed by atoms with Crippen LogP contribution in [0.15, 0.2) is 77.3 Å². The van der Waals surface area contributed by atoms with Crippen LogP contribution in [0, 0.1) is 0 Å². The fourth-order valence-electron chi connectivity index (χ4n) is 4.30. The van der Waals surface area contributed by atoms with Crippen molar-refractivity contribution >= 4 is 38.2 Å². The molecule has 0 aliphatic carbocycles. The second kappa shape index (κ2) is 9.17. The molecule has 4 aromatic rings. The lowest BCUT2D eigenvalue weighted by molar-refractivity contribution is 0.340. The minimum atomic E-state index is 0.670. The van der Waals surface area contributed by atoms with Crippen LogP contribution >= 0.6 is 15.9 Å². The van der Waals surface area contributed by atoms with Gasteiger partial charge in [0, 0.05) is 47.0 Å². The second-order valence-electron chi connectivity index (χ2n) is 7.80. The van der Waals surface area contributed by atoms with Crippen LogP contribution in [0.4, 0.5) is 11.5 Å². The normalized spacial score (nSPS) is 14.1. The highest BCUT2D eigenvalue weighted by atomic mass is 79.9. The first-order chi connectivity index (χ1) is 15.7. The van der Waals surface area contributed by atoms with Crippen LogP contribution < -0.4 is 14.5 Å². The molecule has 0 unspecified atom stereocenters. The lowest BCUT2D eigenvalue weighted by Gasteiger charge is -2.37. The SMILES string of the molecule is CCOc1ccccc1N1CCN(c2nnc(-c3ccc(Br)cc3)c3ccccc23)CC1. The standard InChI is InChI=1S/C26H25BrN4O/c1-2-32-24-10-6-5-9-23(24)30-15-17-31(18-16-30)26-22-8-4-3-7-21(22)25(28-29-26)19-11-13-20(27)14-12-19/h3-14H,2,15-18H2,1H3. The molecule has 3 aromatic carbocycles. The van der Waals surface area contributed by atoms with E-state index in [1.54, 1.807) is 0 Å². The number of anilines is 2. The van der Waals surface area contributed by atoms with Crippen LogP contribution in [-0.4, -0.2) is 43.0 Å². The monoisotopic (exact) mass is 488 g/mol. The first-order valence-corrected chi connectivity index (χ1v) is 11.8. The number of fused-ring (bicyclic) bond motifs is 1. The molecule has 1 saturated heterocycles. The molecule has 0 saturated carbocycles. The van der Waals surface area contributed by atoms with Crippen molar-refractivity contribution in [2.75, 3.05) is 42.6 Å². The number of para-hydroxylation sites is 2. The highest BCUT2D eigenvalue weighted by molar-refractivity contribution is 9.10. The Kier molecular flexibility index (Phi) is 5.95. The highest BCUT2D eigenvalue weighted by Gasteiger charge is 2.23. The number of aromatic nitrogens is 2. The Hall–Kier alpha value is -3.12. The van der Waals surface area contributed by atoms with Gasteiger partial charge in [0.2, 0.25) is 0 Å². The van der Waals surface area contributed by atoms with Gasteiger partial charge in [-0.15, -0.1) is 10.2 Å². The summed E-state index contributed by atoms with van der Waals surface area (Å²) >= 11 is 3.51. The highest BCUT2D eigenvalue weighted by Crippen LogP contribution is 2.34. The summed E-state index contributed by atoms with van der Waals surface area (Å²) in [5.74, 6) is 1.91. The molecule has 1 aromatic heterocycles. The Morgan fingerprint density at radius 3 is 2.19 bits per heavy atom. The van der Waals surface area contributed by atoms with Gasteiger partial charge in [-0.3, -0.25) is 0 Å². The van der Waals surface area contributed by atoms with Crippen molar-refractivity contribution in [1.29, 1.82) is 0 Å². The molecule has 0 atom stereocenters. The van der Waals surface area contributed by atoms with Crippen molar-refractivity contribution in [3.63, 3.8) is 0 Å². The van der Waals surface area contributed by atoms with Gasteiger partial charge in [-0.25, -0.2) is 0 Å². The number of nitrogens with zero attached hydrogens (tertiary/aromatic N) is 4. The quantitative estimate of drug-likeness (QED) is 0.355. The number of ether oxygens (including phenoxy) is 1. The molecule has 162 valence electrons. The van der Waals surface area contributed by atoms with Gasteiger partial charge >= 0.3 is 0 Å². The lowest BCUT2D eigenvalue weighted by Crippen LogP contribution is -2.47. The minimum Gasteiger partial charge on any atom is -0.492 e. The molecule has 32 heavy (non-hydrogen) atoms. The summed E-state index contributed by atoms with van der Waals surface area (Å²) in [4.78, 5) is 4.74. The number of benzene rings is 3. The van der Waals surface area contributed by atoms with E-state index in [4.69, 9.17) is 9.84 Å². The number of halogens is 1. The number of hydrogen-bond acceptors (Lipinski definition) is 5. The van der Waals surface area contributed by atoms with E-state index in [1.165, 1.54) is 0 Å². The predicted molar refractivity (Wildman–Crippen MR) is 135 cm³/mol. The summed E-state index contributed by atoms with van der Waals surface area (Å²) in [6.45, 7) is 6.29. The van der Waals surface area contributed by atoms with Crippen LogP contribution in [0.1, 0.15) is 6.92 Å². The van der Waals surface area contributed by atoms with E-state index in [1.807, 2.05) is 31.2 Å². The topological polar surface area (TPSA) is 41.5 Å². The summed E-state index contributed by atoms with van der Waals surface area (Å²) in [6.07, 6.45) is 0. The Balaban J connectivity index is 1.42. The number of rotatable bonds is 5. The van der Waals surface area contributed by atoms with E-state index in [-0.39, 0.29) is 0 Å². The van der Waals surface area contributed by atoms with Crippen molar-refractivity contribution in [3.8, 4) is 17.0 Å². The Morgan fingerprint density at radius 1 is 0.781 bits per heavy atom. The van der Waals surface area contributed by atoms with Gasteiger partial charge in [0.1, 0.15) is 11.4 Å². The molecule has 2 heterocycles. The zero-order valence-corrected chi connectivity index (χ0v) is 19.6. The molecule has 0 spiro atoms. The average Bonchev–Trinajstić information content (AvgIpc) is 2.85. The zero-order chi connectivity index (χ0) is 21.9. The maximum atomic E-state index is 5.84. The smallest absolute Gasteiger partial charge is 0.159 e. The van der Waals surface area contributed by atoms with E-state index in [9.17, 15) is 0 Å². The Labute approximate surface area is 196 Å². The van der Waals surface area contributed by atoms with Crippen molar-refractivity contribution in [2.24, 2.45) is 0 Å². The van der Waals surface area contributed by atoms with E-state index in [0.717, 1.165) is 69.9 Å². The minimum absolute atomic E-state index is 0.670. The van der Waals surface area contributed by atoms with Crippen LogP contribution in [0.2, 0.25) is 0 Å². The summed E-state index contributed by atoms with van der Waals surface area (Å²) in [6, 6.07) is 25.0. The van der Waals surface area contributed by atoms with Gasteiger partial charge in [-0.05, 0) is 31.2 Å². The summed E-state index contributed by atoms with van der Waals surface area (Å²) in [5.41, 5.74) is 3.15. The fourth-order valence-corrected chi connectivity index (χ4v) is 4.56. The second-order valence-corrected chi connectivity index (χ2v) is 8.72. The molecule has 0 radical (unpaired) electrons. The van der Waals surface area contributed by atoms with Gasteiger partial charge < -0.3 is 14.5 Å². The van der Waals surface area contributed by atoms with Gasteiger partial charge in [-0.1, -0.05) is 64.5 Å². The van der Waals surface area contributed by atoms with Gasteiger partial charge in [-0.2, -0.15) is 0 Å². The molecule has 5 nitrogen and oxygen atoms in total. The molecular formula is C26H25BrN4O. The van der Waals surface area contributed by atoms with Crippen LogP contribution in [0.5, 0.6) is 5.75 Å². The summed E-state index contributed by atoms with van der Waals surface area (Å²) in [7, 11) is 0. The van der Waals surface area contributed by atoms with Gasteiger partial charge in [0.25, 0.3) is 0 Å². The van der Waals surface area contributed by atoms with Gasteiger partial charge in [0.05, 0.1) is 12.3 Å². The van der Waals surface area contributed by atoms with Crippen LogP contribution in [0.25, 0.3) is 22.0 Å². The van der Waals surface area contributed by atoms with E-state index in [0.29, 0.717) is 6.61 Å². The van der Waals surface area contributed by atoms with Crippen molar-refractivity contribution < 1.29 is 4.74 Å². The molecule has 1 aliphatic heterocycles. The van der Waals surface area contributed by atoms with E-state index >= 15 is 0 Å². The van der Waals surface area contributed by atoms with Crippen molar-refractivity contribution in [2.45, 2.75) is 6.92 Å². The van der Waals surface area contributed by atoms with Gasteiger partial charge in [0.15, 0.2) is 5.82 Å². The predicted octanol–water partition coefficient (Wildman–Crippen LogP) is 5.78. The molecule has 1 aliphatic rings. The number of hydrogen-bond donors (Lipinski definition) is 0. The molecule has 1 fully saturated rings. The summed E-state index contributed by atoms with van der Waals surface area (Å²) in [5, 5.41) is 11.6. The van der Waals surface area contributed by atoms with Crippen molar-refractivity contribution in [3.05, 3.63) is 77.3 Å². The lowest BCUT2D eigenvalue weighted by atomic mass is 10.0. The molecule has 5 rings (SSSR count). The Morgan fingerprint density at radius 2 is 1.44 bits per heavy atom. The molecule has 0 N–H and O–H groups in total. The number of piperazine rings is 1. The maximum absolute atomic E-state index is 5.84. The third-order valence-electron chi connectivity index (χ3n) is 5.87. The Bertz CT molecular complexity index is 1220. The van der Waals surface area contributed by atoms with Crippen LogP contribution in [-0.2, 0) is 0 Å². The first-order valence-electron chi connectivity index (χ1n) is 11.0. The zero-order valence-electron chi connectivity index (χ0n) is 18.0. The van der Waals surface area contributed by atoms with E-state index in [2.05, 4.69) is 79.4 Å². The molecule has 0 bridgehead atoms. The third-order valence-corrected chi connectivity index (χ3v) is 6.40. The first kappa shape index (κ1) is 20.8. The fraction of sp³-hybridized carbons (Fsp3) is 0.231.